The third kappa shape index (κ3) is 2.87. The van der Waals surface area contributed by atoms with Crippen molar-refractivity contribution in [2.75, 3.05) is 6.54 Å². The van der Waals surface area contributed by atoms with E-state index in [1.807, 2.05) is 0 Å². The maximum absolute atomic E-state index is 13.4. The highest BCUT2D eigenvalue weighted by Crippen LogP contribution is 2.34. The lowest BCUT2D eigenvalue weighted by atomic mass is 9.91. The summed E-state index contributed by atoms with van der Waals surface area (Å²) in [5.74, 6) is -3.83. The summed E-state index contributed by atoms with van der Waals surface area (Å²) in [6.07, 6.45) is 2.92. The van der Waals surface area contributed by atoms with Crippen LogP contribution in [0.25, 0.3) is 0 Å². The van der Waals surface area contributed by atoms with Crippen molar-refractivity contribution >= 4 is 0 Å². The van der Waals surface area contributed by atoms with Gasteiger partial charge in [0.1, 0.15) is 0 Å². The van der Waals surface area contributed by atoms with Crippen molar-refractivity contribution < 1.29 is 13.2 Å². The van der Waals surface area contributed by atoms with Gasteiger partial charge < -0.3 is 5.73 Å². The molecule has 14 heavy (non-hydrogen) atoms. The summed E-state index contributed by atoms with van der Waals surface area (Å²) in [6.45, 7) is -0.884. The number of hydrogen-bond donors (Lipinski definition) is 1. The first-order valence-electron chi connectivity index (χ1n) is 5.30. The van der Waals surface area contributed by atoms with E-state index in [1.54, 1.807) is 0 Å². The molecule has 0 bridgehead atoms. The van der Waals surface area contributed by atoms with Gasteiger partial charge in [0.2, 0.25) is 0 Å². The molecule has 4 heteroatoms. The van der Waals surface area contributed by atoms with Crippen LogP contribution in [0.15, 0.2) is 0 Å². The van der Waals surface area contributed by atoms with Crippen molar-refractivity contribution in [2.45, 2.75) is 50.6 Å². The van der Waals surface area contributed by atoms with Gasteiger partial charge in [-0.25, -0.2) is 13.2 Å². The first kappa shape index (κ1) is 11.8. The highest BCUT2D eigenvalue weighted by atomic mass is 19.3. The average molecular weight is 209 g/mol. The molecule has 0 aliphatic heterocycles. The second-order valence-electron chi connectivity index (χ2n) is 4.12. The maximum Gasteiger partial charge on any atom is 0.290 e. The molecular weight excluding hydrogens is 191 g/mol. The van der Waals surface area contributed by atoms with E-state index in [9.17, 15) is 13.2 Å². The number of halogens is 3. The van der Waals surface area contributed by atoms with Crippen LogP contribution in [0.1, 0.15) is 38.5 Å². The number of hydrogen-bond acceptors (Lipinski definition) is 1. The summed E-state index contributed by atoms with van der Waals surface area (Å²) in [4.78, 5) is 0. The lowest BCUT2D eigenvalue weighted by Gasteiger charge is -2.25. The Morgan fingerprint density at radius 2 is 1.64 bits per heavy atom. The van der Waals surface area contributed by atoms with Crippen LogP contribution in [0.3, 0.4) is 0 Å². The van der Waals surface area contributed by atoms with Crippen LogP contribution in [-0.4, -0.2) is 18.6 Å². The van der Waals surface area contributed by atoms with E-state index in [1.165, 1.54) is 0 Å². The second-order valence-corrected chi connectivity index (χ2v) is 4.12. The van der Waals surface area contributed by atoms with Crippen molar-refractivity contribution in [3.8, 4) is 0 Å². The molecule has 0 amide bonds. The molecule has 1 fully saturated rings. The molecular formula is C10H18F3N. The summed E-state index contributed by atoms with van der Waals surface area (Å²) in [5.41, 5.74) is 4.86. The molecule has 1 nitrogen and oxygen atoms in total. The highest BCUT2D eigenvalue weighted by Gasteiger charge is 2.43. The van der Waals surface area contributed by atoms with Gasteiger partial charge in [0.25, 0.3) is 5.92 Å². The van der Waals surface area contributed by atoms with E-state index in [2.05, 4.69) is 0 Å². The molecule has 0 heterocycles. The van der Waals surface area contributed by atoms with Crippen molar-refractivity contribution in [1.29, 1.82) is 0 Å². The molecule has 1 aliphatic rings. The normalized spacial score (nSPS) is 23.1. The Morgan fingerprint density at radius 3 is 2.07 bits per heavy atom. The van der Waals surface area contributed by atoms with E-state index in [0.29, 0.717) is 12.8 Å². The average Bonchev–Trinajstić information content (AvgIpc) is 2.44. The minimum Gasteiger partial charge on any atom is -0.325 e. The minimum absolute atomic E-state index is 0.490. The Morgan fingerprint density at radius 1 is 1.14 bits per heavy atom. The van der Waals surface area contributed by atoms with Crippen LogP contribution in [0.2, 0.25) is 0 Å². The van der Waals surface area contributed by atoms with E-state index in [4.69, 9.17) is 5.73 Å². The quantitative estimate of drug-likeness (QED) is 0.710. The first-order valence-corrected chi connectivity index (χ1v) is 5.30. The fraction of sp³-hybridized carbons (Fsp3) is 1.00. The molecule has 0 saturated heterocycles. The molecule has 1 atom stereocenters. The Bertz CT molecular complexity index is 165. The van der Waals surface area contributed by atoms with E-state index in [-0.39, 0.29) is 0 Å². The molecule has 0 spiro atoms. The van der Waals surface area contributed by atoms with Crippen LogP contribution in [0.4, 0.5) is 13.2 Å². The zero-order valence-electron chi connectivity index (χ0n) is 8.32. The lowest BCUT2D eigenvalue weighted by molar-refractivity contribution is -0.0880. The van der Waals surface area contributed by atoms with Crippen molar-refractivity contribution in [1.82, 2.24) is 0 Å². The molecule has 1 aliphatic carbocycles. The Hall–Kier alpha value is -0.250. The fourth-order valence-electron chi connectivity index (χ4n) is 2.06. The molecule has 0 aromatic heterocycles. The molecule has 1 saturated carbocycles. The molecule has 1 rings (SSSR count). The van der Waals surface area contributed by atoms with Gasteiger partial charge in [0.05, 0.1) is 6.54 Å². The maximum atomic E-state index is 13.4. The molecule has 1 unspecified atom stereocenters. The van der Waals surface area contributed by atoms with Gasteiger partial charge in [-0.05, 0) is 18.8 Å². The smallest absolute Gasteiger partial charge is 0.290 e. The Kier molecular flexibility index (Phi) is 4.23. The van der Waals surface area contributed by atoms with Gasteiger partial charge in [0, 0.05) is 0 Å². The zero-order valence-corrected chi connectivity index (χ0v) is 8.32. The SMILES string of the molecule is NCC(F)(F)C(F)C1CCCCCC1. The molecule has 0 radical (unpaired) electrons. The van der Waals surface area contributed by atoms with Gasteiger partial charge in [-0.3, -0.25) is 0 Å². The van der Waals surface area contributed by atoms with Crippen LogP contribution < -0.4 is 5.73 Å². The van der Waals surface area contributed by atoms with Crippen molar-refractivity contribution in [3.63, 3.8) is 0 Å². The molecule has 0 aromatic rings. The first-order chi connectivity index (χ1) is 6.58. The van der Waals surface area contributed by atoms with E-state index in [0.717, 1.165) is 25.7 Å². The van der Waals surface area contributed by atoms with E-state index < -0.39 is 24.6 Å². The number of nitrogens with two attached hydrogens (primary N) is 1. The lowest BCUT2D eigenvalue weighted by Crippen LogP contribution is -2.42. The zero-order chi connectivity index (χ0) is 10.6. The van der Waals surface area contributed by atoms with Crippen LogP contribution in [0.5, 0.6) is 0 Å². The van der Waals surface area contributed by atoms with Gasteiger partial charge in [-0.1, -0.05) is 25.7 Å². The predicted octanol–water partition coefficient (Wildman–Crippen LogP) is 2.89. The van der Waals surface area contributed by atoms with Crippen LogP contribution in [0, 0.1) is 5.92 Å². The largest absolute Gasteiger partial charge is 0.325 e. The third-order valence-electron chi connectivity index (χ3n) is 2.99. The standard InChI is InChI=1S/C10H18F3N/c11-9(10(12,13)7-14)8-5-3-1-2-4-6-8/h8-9H,1-7,14H2. The van der Waals surface area contributed by atoms with Crippen molar-refractivity contribution in [2.24, 2.45) is 11.7 Å². The fourth-order valence-corrected chi connectivity index (χ4v) is 2.06. The van der Waals surface area contributed by atoms with E-state index >= 15 is 0 Å². The van der Waals surface area contributed by atoms with Gasteiger partial charge in [-0.2, -0.15) is 0 Å². The number of rotatable bonds is 3. The summed E-state index contributed by atoms with van der Waals surface area (Å²) in [5, 5.41) is 0. The third-order valence-corrected chi connectivity index (χ3v) is 2.99. The summed E-state index contributed by atoms with van der Waals surface area (Å²) < 4.78 is 39.3. The minimum atomic E-state index is -3.34. The highest BCUT2D eigenvalue weighted by molar-refractivity contribution is 4.84. The molecule has 84 valence electrons. The Balaban J connectivity index is 2.53. The van der Waals surface area contributed by atoms with Crippen LogP contribution in [-0.2, 0) is 0 Å². The summed E-state index contributed by atoms with van der Waals surface area (Å²) >= 11 is 0. The Labute approximate surface area is 82.9 Å². The van der Waals surface area contributed by atoms with Gasteiger partial charge in [-0.15, -0.1) is 0 Å². The predicted molar refractivity (Wildman–Crippen MR) is 50.1 cm³/mol. The molecule has 2 N–H and O–H groups in total. The van der Waals surface area contributed by atoms with Crippen molar-refractivity contribution in [3.05, 3.63) is 0 Å². The monoisotopic (exact) mass is 209 g/mol. The van der Waals surface area contributed by atoms with Gasteiger partial charge >= 0.3 is 0 Å². The summed E-state index contributed by atoms with van der Waals surface area (Å²) in [6, 6.07) is 0. The van der Waals surface area contributed by atoms with Gasteiger partial charge in [0.15, 0.2) is 6.17 Å². The van der Waals surface area contributed by atoms with Crippen LogP contribution >= 0.6 is 0 Å². The topological polar surface area (TPSA) is 26.0 Å². The number of alkyl halides is 3. The summed E-state index contributed by atoms with van der Waals surface area (Å²) in [7, 11) is 0. The molecule has 0 aromatic carbocycles. The second kappa shape index (κ2) is 5.01.